The van der Waals surface area contributed by atoms with Crippen LogP contribution in [-0.4, -0.2) is 63.1 Å². The van der Waals surface area contributed by atoms with Gasteiger partial charge in [-0.3, -0.25) is 0 Å². The highest BCUT2D eigenvalue weighted by Crippen LogP contribution is 2.07. The Morgan fingerprint density at radius 3 is 2.50 bits per heavy atom. The molecule has 1 unspecified atom stereocenters. The molecular formula is C10H24N2O2. The van der Waals surface area contributed by atoms with Gasteiger partial charge in [-0.25, -0.2) is 0 Å². The van der Waals surface area contributed by atoms with Crippen LogP contribution >= 0.6 is 0 Å². The first-order chi connectivity index (χ1) is 6.54. The fraction of sp³-hybridized carbons (Fsp3) is 1.00. The maximum atomic E-state index is 9.25. The zero-order valence-electron chi connectivity index (χ0n) is 9.84. The molecule has 2 N–H and O–H groups in total. The molecule has 86 valence electrons. The summed E-state index contributed by atoms with van der Waals surface area (Å²) in [5.74, 6) is 0. The quantitative estimate of drug-likeness (QED) is 0.581. The number of nitrogens with zero attached hydrogens (tertiary/aromatic N) is 1. The summed E-state index contributed by atoms with van der Waals surface area (Å²) >= 11 is 0. The van der Waals surface area contributed by atoms with Gasteiger partial charge in [-0.15, -0.1) is 0 Å². The molecule has 0 aliphatic carbocycles. The second-order valence-corrected chi connectivity index (χ2v) is 4.19. The zero-order chi connectivity index (χ0) is 11.0. The first-order valence-electron chi connectivity index (χ1n) is 5.03. The Morgan fingerprint density at radius 2 is 2.07 bits per heavy atom. The second kappa shape index (κ2) is 7.17. The van der Waals surface area contributed by atoms with Crippen LogP contribution in [0.5, 0.6) is 0 Å². The van der Waals surface area contributed by atoms with Crippen LogP contribution in [0, 0.1) is 0 Å². The predicted molar refractivity (Wildman–Crippen MR) is 58.5 cm³/mol. The third-order valence-electron chi connectivity index (χ3n) is 2.32. The van der Waals surface area contributed by atoms with E-state index in [1.54, 1.807) is 7.11 Å². The molecule has 0 amide bonds. The molecule has 0 aromatic heterocycles. The van der Waals surface area contributed by atoms with Crippen molar-refractivity contribution in [2.24, 2.45) is 0 Å². The van der Waals surface area contributed by atoms with Crippen LogP contribution in [0.4, 0.5) is 0 Å². The number of aliphatic hydroxyl groups is 1. The van der Waals surface area contributed by atoms with E-state index in [-0.39, 0.29) is 12.1 Å². The van der Waals surface area contributed by atoms with Gasteiger partial charge >= 0.3 is 0 Å². The van der Waals surface area contributed by atoms with Gasteiger partial charge in [0.15, 0.2) is 0 Å². The van der Waals surface area contributed by atoms with Crippen LogP contribution in [0.1, 0.15) is 13.3 Å². The Hall–Kier alpha value is -0.160. The predicted octanol–water partition coefficient (Wildman–Crippen LogP) is -0.0749. The summed E-state index contributed by atoms with van der Waals surface area (Å²) in [6, 6.07) is 0. The molecule has 0 aliphatic heterocycles. The first-order valence-corrected chi connectivity index (χ1v) is 5.03. The third-order valence-corrected chi connectivity index (χ3v) is 2.32. The van der Waals surface area contributed by atoms with Crippen molar-refractivity contribution in [2.75, 3.05) is 47.5 Å². The van der Waals surface area contributed by atoms with Crippen molar-refractivity contribution in [2.45, 2.75) is 18.9 Å². The number of methoxy groups -OCH3 is 1. The highest BCUT2D eigenvalue weighted by molar-refractivity contribution is 4.82. The molecule has 0 aromatic carbocycles. The van der Waals surface area contributed by atoms with Gasteiger partial charge in [0.2, 0.25) is 0 Å². The Bertz CT molecular complexity index is 142. The lowest BCUT2D eigenvalue weighted by Crippen LogP contribution is -2.48. The molecule has 0 spiro atoms. The Balaban J connectivity index is 3.74. The van der Waals surface area contributed by atoms with Crippen molar-refractivity contribution in [3.8, 4) is 0 Å². The maximum absolute atomic E-state index is 9.25. The minimum atomic E-state index is -0.216. The van der Waals surface area contributed by atoms with Crippen LogP contribution in [0.2, 0.25) is 0 Å². The molecule has 0 saturated carbocycles. The Kier molecular flexibility index (Phi) is 7.09. The topological polar surface area (TPSA) is 44.7 Å². The van der Waals surface area contributed by atoms with Gasteiger partial charge in [0.1, 0.15) is 0 Å². The van der Waals surface area contributed by atoms with Gasteiger partial charge in [-0.05, 0) is 27.4 Å². The maximum Gasteiger partial charge on any atom is 0.0611 e. The van der Waals surface area contributed by atoms with E-state index in [0.717, 1.165) is 19.5 Å². The van der Waals surface area contributed by atoms with Crippen LogP contribution < -0.4 is 5.32 Å². The van der Waals surface area contributed by atoms with E-state index in [9.17, 15) is 5.11 Å². The van der Waals surface area contributed by atoms with E-state index in [1.165, 1.54) is 0 Å². The molecule has 0 aromatic rings. The molecule has 0 saturated heterocycles. The summed E-state index contributed by atoms with van der Waals surface area (Å²) in [7, 11) is 5.75. The molecule has 0 heterocycles. The molecule has 0 rings (SSSR count). The Morgan fingerprint density at radius 1 is 1.43 bits per heavy atom. The summed E-state index contributed by atoms with van der Waals surface area (Å²) in [6.07, 6.45) is 0.827. The number of rotatable bonds is 8. The number of aliphatic hydroxyl groups excluding tert-OH is 1. The van der Waals surface area contributed by atoms with Crippen molar-refractivity contribution in [3.05, 3.63) is 0 Å². The van der Waals surface area contributed by atoms with E-state index in [4.69, 9.17) is 4.74 Å². The van der Waals surface area contributed by atoms with Gasteiger partial charge in [0.05, 0.1) is 6.61 Å². The zero-order valence-corrected chi connectivity index (χ0v) is 9.84. The molecule has 0 bridgehead atoms. The second-order valence-electron chi connectivity index (χ2n) is 4.19. The van der Waals surface area contributed by atoms with Gasteiger partial charge in [-0.1, -0.05) is 0 Å². The molecular weight excluding hydrogens is 180 g/mol. The van der Waals surface area contributed by atoms with E-state index < -0.39 is 0 Å². The summed E-state index contributed by atoms with van der Waals surface area (Å²) in [6.45, 7) is 4.69. The lowest BCUT2D eigenvalue weighted by Gasteiger charge is -2.29. The molecule has 0 radical (unpaired) electrons. The van der Waals surface area contributed by atoms with Crippen LogP contribution in [-0.2, 0) is 4.74 Å². The van der Waals surface area contributed by atoms with Gasteiger partial charge < -0.3 is 20.1 Å². The van der Waals surface area contributed by atoms with Crippen molar-refractivity contribution >= 4 is 0 Å². The van der Waals surface area contributed by atoms with Crippen LogP contribution in [0.25, 0.3) is 0 Å². The minimum Gasteiger partial charge on any atom is -0.394 e. The molecule has 0 aliphatic rings. The van der Waals surface area contributed by atoms with E-state index in [2.05, 4.69) is 10.2 Å². The van der Waals surface area contributed by atoms with Crippen molar-refractivity contribution in [1.82, 2.24) is 10.2 Å². The number of hydrogen-bond acceptors (Lipinski definition) is 4. The molecule has 1 atom stereocenters. The van der Waals surface area contributed by atoms with E-state index in [1.807, 2.05) is 21.0 Å². The summed E-state index contributed by atoms with van der Waals surface area (Å²) in [5.41, 5.74) is -0.216. The molecule has 4 heteroatoms. The summed E-state index contributed by atoms with van der Waals surface area (Å²) < 4.78 is 5.01. The van der Waals surface area contributed by atoms with Gasteiger partial charge in [0.25, 0.3) is 0 Å². The lowest BCUT2D eigenvalue weighted by atomic mass is 10.00. The van der Waals surface area contributed by atoms with E-state index in [0.29, 0.717) is 6.61 Å². The number of nitrogens with one attached hydrogen (secondary N) is 1. The summed E-state index contributed by atoms with van der Waals surface area (Å²) in [5, 5.41) is 12.6. The highest BCUT2D eigenvalue weighted by atomic mass is 16.5. The lowest BCUT2D eigenvalue weighted by molar-refractivity contribution is 0.114. The number of likely N-dealkylation sites (N-methyl/N-ethyl adjacent to an activating group) is 1. The van der Waals surface area contributed by atoms with E-state index >= 15 is 0 Å². The minimum absolute atomic E-state index is 0.143. The number of ether oxygens (including phenoxy) is 1. The number of hydrogen-bond donors (Lipinski definition) is 2. The van der Waals surface area contributed by atoms with Crippen molar-refractivity contribution in [3.63, 3.8) is 0 Å². The Labute approximate surface area is 87.2 Å². The monoisotopic (exact) mass is 204 g/mol. The third kappa shape index (κ3) is 6.32. The largest absolute Gasteiger partial charge is 0.394 e. The molecule has 4 nitrogen and oxygen atoms in total. The van der Waals surface area contributed by atoms with Crippen LogP contribution in [0.15, 0.2) is 0 Å². The van der Waals surface area contributed by atoms with Crippen molar-refractivity contribution < 1.29 is 9.84 Å². The SMILES string of the molecule is COCCC(C)(CO)NCCN(C)C. The smallest absolute Gasteiger partial charge is 0.0611 e. The fourth-order valence-corrected chi connectivity index (χ4v) is 1.13. The first kappa shape index (κ1) is 13.8. The average Bonchev–Trinajstić information content (AvgIpc) is 2.14. The van der Waals surface area contributed by atoms with Crippen molar-refractivity contribution in [1.29, 1.82) is 0 Å². The normalized spacial score (nSPS) is 15.9. The van der Waals surface area contributed by atoms with Crippen LogP contribution in [0.3, 0.4) is 0 Å². The van der Waals surface area contributed by atoms with Gasteiger partial charge in [-0.2, -0.15) is 0 Å². The summed E-state index contributed by atoms with van der Waals surface area (Å²) in [4.78, 5) is 2.11. The standard InChI is InChI=1S/C10H24N2O2/c1-10(9-13,5-8-14-4)11-6-7-12(2)3/h11,13H,5-9H2,1-4H3. The van der Waals surface area contributed by atoms with Gasteiger partial charge in [0, 0.05) is 32.3 Å². The average molecular weight is 204 g/mol. The molecule has 14 heavy (non-hydrogen) atoms. The fourth-order valence-electron chi connectivity index (χ4n) is 1.13. The molecule has 0 fully saturated rings. The highest BCUT2D eigenvalue weighted by Gasteiger charge is 2.21.